The number of carbonyl (C=O) groups excluding carboxylic acids is 1. The molecule has 1 aromatic carbocycles. The Bertz CT molecular complexity index is 1600. The number of fused-ring (bicyclic) bond motifs is 4. The summed E-state index contributed by atoms with van der Waals surface area (Å²) in [6.45, 7) is 0.339. The Labute approximate surface area is 193 Å². The highest BCUT2D eigenvalue weighted by molar-refractivity contribution is 6.10. The molecule has 1 amide bonds. The second kappa shape index (κ2) is 6.53. The van der Waals surface area contributed by atoms with E-state index in [1.165, 1.54) is 6.07 Å². The van der Waals surface area contributed by atoms with Crippen molar-refractivity contribution in [2.45, 2.75) is 31.3 Å². The standard InChI is InChI=1S/C25H22FN7O/c1-31-22-17-6-16(19(26)7-20(17)30-23(27)18(22)11-28-31)24(34)33(25-8-14(9-25)10-25)13-15-12-32-5-3-2-4-21(32)29-15/h2-7,11-12,14H,8-10,13H2,1H3,(H2,27,30). The van der Waals surface area contributed by atoms with Crippen LogP contribution in [0.5, 0.6) is 0 Å². The summed E-state index contributed by atoms with van der Waals surface area (Å²) in [4.78, 5) is 24.8. The summed E-state index contributed by atoms with van der Waals surface area (Å²) in [6.07, 6.45) is 8.39. The summed E-state index contributed by atoms with van der Waals surface area (Å²) in [5.41, 5.74) is 8.64. The zero-order valence-electron chi connectivity index (χ0n) is 18.6. The number of anilines is 1. The molecule has 0 aliphatic heterocycles. The van der Waals surface area contributed by atoms with E-state index in [0.29, 0.717) is 28.8 Å². The molecule has 0 atom stereocenters. The lowest BCUT2D eigenvalue weighted by Gasteiger charge is -2.66. The van der Waals surface area contributed by atoms with Gasteiger partial charge in [0.15, 0.2) is 0 Å². The Morgan fingerprint density at radius 1 is 1.24 bits per heavy atom. The number of hydrogen-bond donors (Lipinski definition) is 1. The predicted molar refractivity (Wildman–Crippen MR) is 126 cm³/mol. The first-order valence-electron chi connectivity index (χ1n) is 11.4. The monoisotopic (exact) mass is 455 g/mol. The molecule has 0 spiro atoms. The van der Waals surface area contributed by atoms with Gasteiger partial charge < -0.3 is 15.0 Å². The van der Waals surface area contributed by atoms with Gasteiger partial charge >= 0.3 is 0 Å². The van der Waals surface area contributed by atoms with E-state index in [1.807, 2.05) is 39.9 Å². The molecule has 3 aliphatic carbocycles. The number of aryl methyl sites for hydroxylation is 1. The predicted octanol–water partition coefficient (Wildman–Crippen LogP) is 3.69. The topological polar surface area (TPSA) is 94.3 Å². The van der Waals surface area contributed by atoms with Crippen molar-refractivity contribution in [1.29, 1.82) is 0 Å². The van der Waals surface area contributed by atoms with Gasteiger partial charge in [-0.1, -0.05) is 6.07 Å². The van der Waals surface area contributed by atoms with Crippen molar-refractivity contribution in [2.24, 2.45) is 13.0 Å². The van der Waals surface area contributed by atoms with E-state index in [2.05, 4.69) is 15.1 Å². The number of nitrogens with two attached hydrogens (primary N) is 1. The molecule has 2 N–H and O–H groups in total. The molecule has 0 radical (unpaired) electrons. The van der Waals surface area contributed by atoms with E-state index in [4.69, 9.17) is 5.73 Å². The molecule has 3 aliphatic rings. The lowest BCUT2D eigenvalue weighted by Crippen LogP contribution is -2.69. The van der Waals surface area contributed by atoms with E-state index < -0.39 is 5.82 Å². The van der Waals surface area contributed by atoms with Crippen LogP contribution in [0.3, 0.4) is 0 Å². The van der Waals surface area contributed by atoms with Crippen LogP contribution in [0.1, 0.15) is 35.3 Å². The number of rotatable bonds is 4. The number of hydrogen-bond acceptors (Lipinski definition) is 5. The van der Waals surface area contributed by atoms with Gasteiger partial charge in [-0.3, -0.25) is 9.48 Å². The van der Waals surface area contributed by atoms with Gasteiger partial charge in [-0.2, -0.15) is 5.10 Å². The molecule has 34 heavy (non-hydrogen) atoms. The molecule has 3 fully saturated rings. The van der Waals surface area contributed by atoms with Crippen molar-refractivity contribution in [1.82, 2.24) is 29.0 Å². The number of nitrogens with zero attached hydrogens (tertiary/aromatic N) is 6. The van der Waals surface area contributed by atoms with Crippen LogP contribution in [0.15, 0.2) is 48.9 Å². The van der Waals surface area contributed by atoms with Gasteiger partial charge in [-0.25, -0.2) is 14.4 Å². The minimum absolute atomic E-state index is 0.0371. The van der Waals surface area contributed by atoms with Crippen molar-refractivity contribution in [2.75, 3.05) is 5.73 Å². The smallest absolute Gasteiger partial charge is 0.257 e. The maximum Gasteiger partial charge on any atom is 0.257 e. The Hall–Kier alpha value is -4.01. The second-order valence-corrected chi connectivity index (χ2v) is 9.67. The van der Waals surface area contributed by atoms with E-state index >= 15 is 4.39 Å². The molecule has 0 saturated heterocycles. The van der Waals surface area contributed by atoms with Crippen molar-refractivity contribution >= 4 is 39.2 Å². The molecule has 170 valence electrons. The largest absolute Gasteiger partial charge is 0.383 e. The first-order chi connectivity index (χ1) is 16.4. The van der Waals surface area contributed by atoms with Gasteiger partial charge in [-0.15, -0.1) is 0 Å². The van der Waals surface area contributed by atoms with Crippen LogP contribution in [-0.4, -0.2) is 40.5 Å². The second-order valence-electron chi connectivity index (χ2n) is 9.67. The Morgan fingerprint density at radius 3 is 2.79 bits per heavy atom. The minimum Gasteiger partial charge on any atom is -0.383 e. The molecular formula is C25H22FN7O. The van der Waals surface area contributed by atoms with Crippen LogP contribution in [0.4, 0.5) is 10.2 Å². The molecule has 9 heteroatoms. The third-order valence-corrected chi connectivity index (χ3v) is 7.58. The molecule has 4 heterocycles. The van der Waals surface area contributed by atoms with Crippen LogP contribution in [0.2, 0.25) is 0 Å². The van der Waals surface area contributed by atoms with Gasteiger partial charge in [0.1, 0.15) is 17.3 Å². The highest BCUT2D eigenvalue weighted by Crippen LogP contribution is 2.61. The van der Waals surface area contributed by atoms with Crippen LogP contribution >= 0.6 is 0 Å². The van der Waals surface area contributed by atoms with E-state index in [1.54, 1.807) is 24.0 Å². The van der Waals surface area contributed by atoms with E-state index in [9.17, 15) is 4.79 Å². The average Bonchev–Trinajstić information content (AvgIpc) is 3.34. The number of aromatic nitrogens is 5. The van der Waals surface area contributed by atoms with Gasteiger partial charge in [0.2, 0.25) is 0 Å². The van der Waals surface area contributed by atoms with Crippen molar-refractivity contribution in [3.05, 3.63) is 66.0 Å². The molecule has 4 aromatic heterocycles. The van der Waals surface area contributed by atoms with Gasteiger partial charge in [0.05, 0.1) is 40.4 Å². The number of halogens is 1. The summed E-state index contributed by atoms with van der Waals surface area (Å²) >= 11 is 0. The van der Waals surface area contributed by atoms with Crippen LogP contribution in [-0.2, 0) is 13.6 Å². The SMILES string of the molecule is Cn1ncc2c(N)nc3cc(F)c(C(=O)N(Cc4cn5ccccc5n4)C45CC(C4)C5)cc3c21. The molecule has 0 unspecified atom stereocenters. The van der Waals surface area contributed by atoms with Crippen molar-refractivity contribution < 1.29 is 9.18 Å². The van der Waals surface area contributed by atoms with E-state index in [0.717, 1.165) is 36.1 Å². The molecule has 2 bridgehead atoms. The van der Waals surface area contributed by atoms with Crippen LogP contribution < -0.4 is 5.73 Å². The maximum atomic E-state index is 15.3. The number of benzene rings is 1. The van der Waals surface area contributed by atoms with E-state index in [-0.39, 0.29) is 22.8 Å². The highest BCUT2D eigenvalue weighted by atomic mass is 19.1. The average molecular weight is 455 g/mol. The summed E-state index contributed by atoms with van der Waals surface area (Å²) in [5, 5.41) is 5.61. The number of carbonyl (C=O) groups is 1. The van der Waals surface area contributed by atoms with Gasteiger partial charge in [0, 0.05) is 36.4 Å². The number of nitrogen functional groups attached to an aromatic ring is 1. The third kappa shape index (κ3) is 2.57. The van der Waals surface area contributed by atoms with Gasteiger partial charge in [-0.05, 0) is 43.4 Å². The Balaban J connectivity index is 1.35. The summed E-state index contributed by atoms with van der Waals surface area (Å²) in [7, 11) is 1.80. The molecular weight excluding hydrogens is 433 g/mol. The molecule has 5 aromatic rings. The fraction of sp³-hybridized carbons (Fsp3) is 0.280. The summed E-state index contributed by atoms with van der Waals surface area (Å²) < 4.78 is 19.0. The number of pyridine rings is 2. The fourth-order valence-corrected chi connectivity index (χ4v) is 5.73. The Morgan fingerprint density at radius 2 is 2.06 bits per heavy atom. The van der Waals surface area contributed by atoms with Crippen molar-refractivity contribution in [3.63, 3.8) is 0 Å². The zero-order valence-corrected chi connectivity index (χ0v) is 18.6. The molecule has 8 rings (SSSR count). The minimum atomic E-state index is -0.600. The third-order valence-electron chi connectivity index (χ3n) is 7.58. The normalized spacial score (nSPS) is 21.1. The first kappa shape index (κ1) is 19.5. The number of imidazole rings is 1. The quantitative estimate of drug-likeness (QED) is 0.446. The number of amides is 1. The highest BCUT2D eigenvalue weighted by Gasteiger charge is 2.61. The van der Waals surface area contributed by atoms with Crippen molar-refractivity contribution in [3.8, 4) is 0 Å². The maximum absolute atomic E-state index is 15.3. The molecule has 8 nitrogen and oxygen atoms in total. The van der Waals surface area contributed by atoms with Gasteiger partial charge in [0.25, 0.3) is 5.91 Å². The zero-order chi connectivity index (χ0) is 23.2. The summed E-state index contributed by atoms with van der Waals surface area (Å²) in [6, 6.07) is 8.70. The first-order valence-corrected chi connectivity index (χ1v) is 11.4. The fourth-order valence-electron chi connectivity index (χ4n) is 5.73. The Kier molecular flexibility index (Phi) is 3.74. The van der Waals surface area contributed by atoms with Crippen LogP contribution in [0, 0.1) is 11.7 Å². The molecule has 3 saturated carbocycles. The summed E-state index contributed by atoms with van der Waals surface area (Å²) in [5.74, 6) is 0.0368. The van der Waals surface area contributed by atoms with Crippen LogP contribution in [0.25, 0.3) is 27.5 Å². The lowest BCUT2D eigenvalue weighted by molar-refractivity contribution is -0.127. The lowest BCUT2D eigenvalue weighted by atomic mass is 9.49.